The second kappa shape index (κ2) is 5.91. The Kier molecular flexibility index (Phi) is 4.03. The summed E-state index contributed by atoms with van der Waals surface area (Å²) in [6, 6.07) is 10.6. The molecule has 19 heavy (non-hydrogen) atoms. The number of nitro benzene ring substituents is 1. The topological polar surface area (TPSA) is 47.0 Å². The zero-order valence-corrected chi connectivity index (χ0v) is 10.7. The molecule has 1 aromatic carbocycles. The molecular weight excluding hydrogens is 240 g/mol. The highest BCUT2D eigenvalue weighted by Gasteiger charge is 2.03. The van der Waals surface area contributed by atoms with Gasteiger partial charge in [-0.05, 0) is 18.1 Å². The molecule has 2 rings (SSSR count). The summed E-state index contributed by atoms with van der Waals surface area (Å²) in [5.74, 6) is 0. The van der Waals surface area contributed by atoms with Gasteiger partial charge in [-0.3, -0.25) is 10.1 Å². The number of aromatic nitrogens is 1. The van der Waals surface area contributed by atoms with Gasteiger partial charge in [-0.1, -0.05) is 24.3 Å². The zero-order valence-electron chi connectivity index (χ0n) is 10.7. The predicted molar refractivity (Wildman–Crippen MR) is 74.3 cm³/mol. The van der Waals surface area contributed by atoms with Gasteiger partial charge < -0.3 is 0 Å². The molecule has 96 valence electrons. The minimum absolute atomic E-state index is 0.110. The van der Waals surface area contributed by atoms with Crippen LogP contribution in [0.1, 0.15) is 18.1 Å². The molecule has 0 spiro atoms. The minimum Gasteiger partial charge on any atom is -0.258 e. The molecule has 4 nitrogen and oxygen atoms in total. The molecule has 4 heteroatoms. The lowest BCUT2D eigenvalue weighted by molar-refractivity contribution is -0.693. The Morgan fingerprint density at radius 3 is 2.47 bits per heavy atom. The first-order valence-corrected chi connectivity index (χ1v) is 6.10. The normalized spacial score (nSPS) is 10.8. The van der Waals surface area contributed by atoms with Gasteiger partial charge >= 0.3 is 0 Å². The second-order valence-corrected chi connectivity index (χ2v) is 4.15. The number of hydrogen-bond acceptors (Lipinski definition) is 2. The zero-order chi connectivity index (χ0) is 13.7. The third kappa shape index (κ3) is 3.48. The number of rotatable bonds is 4. The summed E-state index contributed by atoms with van der Waals surface area (Å²) in [5, 5.41) is 10.7. The molecule has 0 atom stereocenters. The van der Waals surface area contributed by atoms with Gasteiger partial charge in [0.05, 0.1) is 4.92 Å². The smallest absolute Gasteiger partial charge is 0.258 e. The van der Waals surface area contributed by atoms with E-state index in [9.17, 15) is 10.1 Å². The first kappa shape index (κ1) is 13.0. The van der Waals surface area contributed by atoms with E-state index in [1.165, 1.54) is 6.07 Å². The first-order valence-electron chi connectivity index (χ1n) is 6.10. The van der Waals surface area contributed by atoms with Crippen LogP contribution in [0.3, 0.4) is 0 Å². The Balaban J connectivity index is 2.17. The average molecular weight is 255 g/mol. The van der Waals surface area contributed by atoms with E-state index in [-0.39, 0.29) is 10.6 Å². The Bertz CT molecular complexity index is 604. The quantitative estimate of drug-likeness (QED) is 0.479. The highest BCUT2D eigenvalue weighted by Crippen LogP contribution is 2.15. The molecule has 0 amide bonds. The summed E-state index contributed by atoms with van der Waals surface area (Å²) >= 11 is 0. The number of pyridine rings is 1. The van der Waals surface area contributed by atoms with E-state index < -0.39 is 0 Å². The molecule has 0 fully saturated rings. The van der Waals surface area contributed by atoms with Crippen LogP contribution in [0, 0.1) is 10.1 Å². The second-order valence-electron chi connectivity index (χ2n) is 4.15. The van der Waals surface area contributed by atoms with Gasteiger partial charge in [0.1, 0.15) is 6.54 Å². The van der Waals surface area contributed by atoms with E-state index in [1.54, 1.807) is 12.1 Å². The van der Waals surface area contributed by atoms with E-state index in [0.717, 1.165) is 17.7 Å². The molecule has 0 radical (unpaired) electrons. The molecule has 1 aromatic heterocycles. The maximum absolute atomic E-state index is 10.7. The first-order chi connectivity index (χ1) is 9.19. The molecule has 0 bridgehead atoms. The predicted octanol–water partition coefficient (Wildman–Crippen LogP) is 3.07. The summed E-state index contributed by atoms with van der Waals surface area (Å²) in [6.07, 6.45) is 7.83. The molecule has 0 aliphatic rings. The number of benzene rings is 1. The van der Waals surface area contributed by atoms with Crippen LogP contribution in [-0.2, 0) is 6.54 Å². The van der Waals surface area contributed by atoms with Crippen LogP contribution >= 0.6 is 0 Å². The lowest BCUT2D eigenvalue weighted by atomic mass is 10.1. The maximum Gasteiger partial charge on any atom is 0.270 e. The number of nitro groups is 1. The Hall–Kier alpha value is -2.49. The van der Waals surface area contributed by atoms with E-state index in [1.807, 2.05) is 42.7 Å². The standard InChI is InChI=1S/C15H15N2O2/c1-2-16-10-8-13(9-11-16)6-7-14-4-3-5-15(12-14)17(18)19/h3-12H,2H2,1H3/q+1. The molecule has 0 aliphatic heterocycles. The summed E-state index contributed by atoms with van der Waals surface area (Å²) in [4.78, 5) is 10.3. The average Bonchev–Trinajstić information content (AvgIpc) is 2.46. The lowest BCUT2D eigenvalue weighted by Crippen LogP contribution is -2.30. The fourth-order valence-electron chi connectivity index (χ4n) is 1.73. The SMILES string of the molecule is CC[n+]1ccc(C=Cc2cccc([N+](=O)[O-])c2)cc1. The van der Waals surface area contributed by atoms with Crippen LogP contribution < -0.4 is 4.57 Å². The molecule has 0 N–H and O–H groups in total. The molecule has 0 saturated carbocycles. The molecule has 1 heterocycles. The van der Waals surface area contributed by atoms with Gasteiger partial charge in [0.15, 0.2) is 12.4 Å². The molecular formula is C15H15N2O2+. The van der Waals surface area contributed by atoms with E-state index in [0.29, 0.717) is 0 Å². The fourth-order valence-corrected chi connectivity index (χ4v) is 1.73. The van der Waals surface area contributed by atoms with Gasteiger partial charge in [0.2, 0.25) is 0 Å². The summed E-state index contributed by atoms with van der Waals surface area (Å²) in [6.45, 7) is 3.02. The van der Waals surface area contributed by atoms with Gasteiger partial charge in [-0.25, -0.2) is 4.57 Å². The van der Waals surface area contributed by atoms with Crippen LogP contribution in [0.4, 0.5) is 5.69 Å². The van der Waals surface area contributed by atoms with Crippen LogP contribution in [0.2, 0.25) is 0 Å². The molecule has 0 aliphatic carbocycles. The van der Waals surface area contributed by atoms with Crippen molar-refractivity contribution in [1.29, 1.82) is 0 Å². The van der Waals surface area contributed by atoms with Gasteiger partial charge in [0.25, 0.3) is 5.69 Å². The summed E-state index contributed by atoms with van der Waals surface area (Å²) in [7, 11) is 0. The Morgan fingerprint density at radius 2 is 1.84 bits per heavy atom. The molecule has 0 saturated heterocycles. The van der Waals surface area contributed by atoms with Crippen molar-refractivity contribution >= 4 is 17.8 Å². The Morgan fingerprint density at radius 1 is 1.16 bits per heavy atom. The van der Waals surface area contributed by atoms with E-state index >= 15 is 0 Å². The largest absolute Gasteiger partial charge is 0.270 e. The van der Waals surface area contributed by atoms with Crippen molar-refractivity contribution in [1.82, 2.24) is 0 Å². The van der Waals surface area contributed by atoms with Crippen molar-refractivity contribution < 1.29 is 9.49 Å². The van der Waals surface area contributed by atoms with Crippen molar-refractivity contribution in [2.24, 2.45) is 0 Å². The highest BCUT2D eigenvalue weighted by atomic mass is 16.6. The third-order valence-electron chi connectivity index (χ3n) is 2.83. The minimum atomic E-state index is -0.385. The number of hydrogen-bond donors (Lipinski definition) is 0. The van der Waals surface area contributed by atoms with E-state index in [2.05, 4.69) is 11.5 Å². The van der Waals surface area contributed by atoms with Gasteiger partial charge in [-0.2, -0.15) is 0 Å². The fraction of sp³-hybridized carbons (Fsp3) is 0.133. The third-order valence-corrected chi connectivity index (χ3v) is 2.83. The van der Waals surface area contributed by atoms with Crippen molar-refractivity contribution in [2.45, 2.75) is 13.5 Å². The monoisotopic (exact) mass is 255 g/mol. The van der Waals surface area contributed by atoms with E-state index in [4.69, 9.17) is 0 Å². The van der Waals surface area contributed by atoms with Crippen LogP contribution in [-0.4, -0.2) is 4.92 Å². The van der Waals surface area contributed by atoms with Crippen LogP contribution in [0.5, 0.6) is 0 Å². The summed E-state index contributed by atoms with van der Waals surface area (Å²) in [5.41, 5.74) is 2.00. The van der Waals surface area contributed by atoms with Crippen LogP contribution in [0.15, 0.2) is 48.8 Å². The van der Waals surface area contributed by atoms with Crippen molar-refractivity contribution in [2.75, 3.05) is 0 Å². The highest BCUT2D eigenvalue weighted by molar-refractivity contribution is 5.70. The van der Waals surface area contributed by atoms with Gasteiger partial charge in [-0.15, -0.1) is 0 Å². The van der Waals surface area contributed by atoms with Crippen molar-refractivity contribution in [3.05, 3.63) is 70.0 Å². The molecule has 2 aromatic rings. The maximum atomic E-state index is 10.7. The van der Waals surface area contributed by atoms with Crippen LogP contribution in [0.25, 0.3) is 12.2 Å². The number of nitrogens with zero attached hydrogens (tertiary/aromatic N) is 2. The molecule has 0 unspecified atom stereocenters. The van der Waals surface area contributed by atoms with Crippen molar-refractivity contribution in [3.8, 4) is 0 Å². The Labute approximate surface area is 111 Å². The summed E-state index contributed by atoms with van der Waals surface area (Å²) < 4.78 is 2.07. The van der Waals surface area contributed by atoms with Gasteiger partial charge in [0, 0.05) is 24.3 Å². The number of non-ortho nitro benzene ring substituents is 1. The van der Waals surface area contributed by atoms with Crippen molar-refractivity contribution in [3.63, 3.8) is 0 Å². The number of aryl methyl sites for hydroxylation is 1. The lowest BCUT2D eigenvalue weighted by Gasteiger charge is -1.95.